The lowest BCUT2D eigenvalue weighted by Crippen LogP contribution is -2.31. The second-order valence-corrected chi connectivity index (χ2v) is 7.63. The molecule has 2 aromatic rings. The van der Waals surface area contributed by atoms with Gasteiger partial charge >= 0.3 is 0 Å². The molecule has 0 spiro atoms. The Balaban J connectivity index is 1.59. The fraction of sp³-hybridized carbons (Fsp3) is 0.150. The topological polar surface area (TPSA) is 78.9 Å². The number of thioether (sulfide) groups is 1. The number of anilines is 1. The Bertz CT molecular complexity index is 924. The summed E-state index contributed by atoms with van der Waals surface area (Å²) in [7, 11) is 1.60. The van der Waals surface area contributed by atoms with Gasteiger partial charge in [0.1, 0.15) is 15.8 Å². The Morgan fingerprint density at radius 2 is 1.89 bits per heavy atom. The zero-order valence-corrected chi connectivity index (χ0v) is 16.7. The van der Waals surface area contributed by atoms with E-state index < -0.39 is 0 Å². The zero-order valence-electron chi connectivity index (χ0n) is 15.0. The molecule has 144 valence electrons. The summed E-state index contributed by atoms with van der Waals surface area (Å²) in [4.78, 5) is 26.7. The van der Waals surface area contributed by atoms with Crippen LogP contribution >= 0.6 is 24.0 Å². The molecule has 0 aromatic heterocycles. The second kappa shape index (κ2) is 8.90. The Hall–Kier alpha value is -2.84. The van der Waals surface area contributed by atoms with Crippen LogP contribution in [0, 0.1) is 0 Å². The van der Waals surface area contributed by atoms with Crippen LogP contribution in [0.4, 0.5) is 5.69 Å². The Kier molecular flexibility index (Phi) is 6.33. The standard InChI is InChI=1S/C20H18N2O4S2/c1-26-16-8-2-13(3-9-16)12-17-19(25)22(20(27)28-17)11-10-18(24)21-14-4-6-15(23)7-5-14/h2-9,12,23H,10-11H2,1H3,(H,21,24)/b17-12+. The van der Waals surface area contributed by atoms with Gasteiger partial charge in [0.2, 0.25) is 5.91 Å². The quantitative estimate of drug-likeness (QED) is 0.427. The van der Waals surface area contributed by atoms with Crippen LogP contribution in [0.3, 0.4) is 0 Å². The summed E-state index contributed by atoms with van der Waals surface area (Å²) < 4.78 is 5.56. The number of hydrogen-bond donors (Lipinski definition) is 2. The minimum absolute atomic E-state index is 0.114. The molecule has 0 unspecified atom stereocenters. The van der Waals surface area contributed by atoms with Crippen LogP contribution in [-0.2, 0) is 9.59 Å². The predicted molar refractivity (Wildman–Crippen MR) is 114 cm³/mol. The summed E-state index contributed by atoms with van der Waals surface area (Å²) in [5, 5.41) is 12.0. The number of rotatable bonds is 6. The highest BCUT2D eigenvalue weighted by Gasteiger charge is 2.32. The van der Waals surface area contributed by atoms with E-state index in [1.54, 1.807) is 25.3 Å². The van der Waals surface area contributed by atoms with Gasteiger partial charge in [0.05, 0.1) is 12.0 Å². The van der Waals surface area contributed by atoms with E-state index in [0.717, 1.165) is 11.3 Å². The molecule has 2 amide bonds. The van der Waals surface area contributed by atoms with Crippen molar-refractivity contribution in [1.82, 2.24) is 4.90 Å². The number of thiocarbonyl (C=S) groups is 1. The number of phenols is 1. The first-order valence-corrected chi connectivity index (χ1v) is 9.67. The molecule has 0 atom stereocenters. The van der Waals surface area contributed by atoms with Crippen LogP contribution in [0.25, 0.3) is 6.08 Å². The lowest BCUT2D eigenvalue weighted by atomic mass is 10.2. The number of phenolic OH excluding ortho intramolecular Hbond substituents is 1. The van der Waals surface area contributed by atoms with Crippen molar-refractivity contribution < 1.29 is 19.4 Å². The average Bonchev–Trinajstić information content (AvgIpc) is 2.95. The maximum atomic E-state index is 12.6. The molecule has 8 heteroatoms. The van der Waals surface area contributed by atoms with Crippen LogP contribution in [0.1, 0.15) is 12.0 Å². The molecule has 1 fully saturated rings. The van der Waals surface area contributed by atoms with Crippen LogP contribution in [-0.4, -0.2) is 39.8 Å². The van der Waals surface area contributed by atoms with Gasteiger partial charge in [-0.05, 0) is 48.0 Å². The molecule has 1 heterocycles. The first-order valence-electron chi connectivity index (χ1n) is 8.44. The summed E-state index contributed by atoms with van der Waals surface area (Å²) in [5.74, 6) is 0.422. The van der Waals surface area contributed by atoms with E-state index in [1.165, 1.54) is 28.8 Å². The minimum atomic E-state index is -0.237. The lowest BCUT2D eigenvalue weighted by Gasteiger charge is -2.14. The third kappa shape index (κ3) is 4.90. The van der Waals surface area contributed by atoms with Gasteiger partial charge in [0.15, 0.2) is 0 Å². The van der Waals surface area contributed by atoms with Crippen LogP contribution in [0.5, 0.6) is 11.5 Å². The highest BCUT2D eigenvalue weighted by Crippen LogP contribution is 2.32. The van der Waals surface area contributed by atoms with E-state index in [-0.39, 0.29) is 30.5 Å². The number of ether oxygens (including phenoxy) is 1. The Morgan fingerprint density at radius 3 is 2.54 bits per heavy atom. The molecular weight excluding hydrogens is 396 g/mol. The van der Waals surface area contributed by atoms with E-state index in [2.05, 4.69) is 5.32 Å². The maximum Gasteiger partial charge on any atom is 0.266 e. The molecule has 6 nitrogen and oxygen atoms in total. The first-order chi connectivity index (χ1) is 13.5. The minimum Gasteiger partial charge on any atom is -0.508 e. The number of benzene rings is 2. The van der Waals surface area contributed by atoms with Crippen molar-refractivity contribution in [3.63, 3.8) is 0 Å². The maximum absolute atomic E-state index is 12.6. The van der Waals surface area contributed by atoms with E-state index in [1.807, 2.05) is 24.3 Å². The molecule has 1 saturated heterocycles. The number of amides is 2. The summed E-state index contributed by atoms with van der Waals surface area (Å²) in [6.07, 6.45) is 1.89. The van der Waals surface area contributed by atoms with Crippen molar-refractivity contribution >= 4 is 51.9 Å². The number of carbonyl (C=O) groups excluding carboxylic acids is 2. The molecule has 0 bridgehead atoms. The van der Waals surface area contributed by atoms with E-state index in [4.69, 9.17) is 17.0 Å². The highest BCUT2D eigenvalue weighted by molar-refractivity contribution is 8.26. The molecule has 28 heavy (non-hydrogen) atoms. The van der Waals surface area contributed by atoms with Crippen molar-refractivity contribution in [1.29, 1.82) is 0 Å². The molecule has 2 N–H and O–H groups in total. The van der Waals surface area contributed by atoms with Gasteiger partial charge < -0.3 is 15.2 Å². The van der Waals surface area contributed by atoms with Gasteiger partial charge in [0, 0.05) is 18.7 Å². The van der Waals surface area contributed by atoms with E-state index >= 15 is 0 Å². The summed E-state index contributed by atoms with van der Waals surface area (Å²) in [6.45, 7) is 0.203. The molecule has 0 aliphatic carbocycles. The van der Waals surface area contributed by atoms with Crippen molar-refractivity contribution in [2.75, 3.05) is 19.0 Å². The van der Waals surface area contributed by atoms with Gasteiger partial charge in [-0.25, -0.2) is 0 Å². The fourth-order valence-electron chi connectivity index (χ4n) is 2.53. The van der Waals surface area contributed by atoms with Gasteiger partial charge in [-0.3, -0.25) is 14.5 Å². The number of hydrogen-bond acceptors (Lipinski definition) is 6. The first kappa shape index (κ1) is 19.9. The molecule has 1 aliphatic rings. The van der Waals surface area contributed by atoms with Gasteiger partial charge in [0.25, 0.3) is 5.91 Å². The second-order valence-electron chi connectivity index (χ2n) is 5.95. The number of carbonyl (C=O) groups is 2. The fourth-order valence-corrected chi connectivity index (χ4v) is 3.83. The van der Waals surface area contributed by atoms with E-state index in [9.17, 15) is 14.7 Å². The third-order valence-corrected chi connectivity index (χ3v) is 5.38. The van der Waals surface area contributed by atoms with Crippen LogP contribution in [0.2, 0.25) is 0 Å². The monoisotopic (exact) mass is 414 g/mol. The number of aromatic hydroxyl groups is 1. The summed E-state index contributed by atoms with van der Waals surface area (Å²) >= 11 is 6.52. The summed E-state index contributed by atoms with van der Waals surface area (Å²) in [5.41, 5.74) is 1.44. The van der Waals surface area contributed by atoms with Crippen molar-refractivity contribution in [2.24, 2.45) is 0 Å². The SMILES string of the molecule is COc1ccc(/C=C2/SC(=S)N(CCC(=O)Nc3ccc(O)cc3)C2=O)cc1. The number of methoxy groups -OCH3 is 1. The van der Waals surface area contributed by atoms with Gasteiger partial charge in [-0.1, -0.05) is 36.1 Å². The van der Waals surface area contributed by atoms with Crippen molar-refractivity contribution in [2.45, 2.75) is 6.42 Å². The predicted octanol–water partition coefficient (Wildman–Crippen LogP) is 3.63. The highest BCUT2D eigenvalue weighted by atomic mass is 32.2. The van der Waals surface area contributed by atoms with Crippen LogP contribution in [0.15, 0.2) is 53.4 Å². The van der Waals surface area contributed by atoms with Crippen LogP contribution < -0.4 is 10.1 Å². The van der Waals surface area contributed by atoms with Crippen molar-refractivity contribution in [3.8, 4) is 11.5 Å². The lowest BCUT2D eigenvalue weighted by molar-refractivity contribution is -0.122. The molecule has 3 rings (SSSR count). The average molecular weight is 415 g/mol. The molecule has 2 aromatic carbocycles. The van der Waals surface area contributed by atoms with E-state index in [0.29, 0.717) is 14.9 Å². The Morgan fingerprint density at radius 1 is 1.21 bits per heavy atom. The summed E-state index contributed by atoms with van der Waals surface area (Å²) in [6, 6.07) is 13.5. The zero-order chi connectivity index (χ0) is 20.1. The molecule has 1 aliphatic heterocycles. The third-order valence-electron chi connectivity index (χ3n) is 4.00. The molecular formula is C20H18N2O4S2. The van der Waals surface area contributed by atoms with Gasteiger partial charge in [-0.15, -0.1) is 0 Å². The van der Waals surface area contributed by atoms with Crippen molar-refractivity contribution in [3.05, 3.63) is 59.0 Å². The normalized spacial score (nSPS) is 15.2. The van der Waals surface area contributed by atoms with Gasteiger partial charge in [-0.2, -0.15) is 0 Å². The molecule has 0 saturated carbocycles. The smallest absolute Gasteiger partial charge is 0.266 e. The number of nitrogens with zero attached hydrogens (tertiary/aromatic N) is 1. The Labute approximate surface area is 172 Å². The number of nitrogens with one attached hydrogen (secondary N) is 1. The largest absolute Gasteiger partial charge is 0.508 e. The molecule has 0 radical (unpaired) electrons.